The summed E-state index contributed by atoms with van der Waals surface area (Å²) in [6.45, 7) is 4.92. The zero-order chi connectivity index (χ0) is 9.26. The molecule has 0 aromatic carbocycles. The Kier molecular flexibility index (Phi) is 1.93. The quantitative estimate of drug-likeness (QED) is 0.703. The molecule has 0 radical (unpaired) electrons. The van der Waals surface area contributed by atoms with Crippen LogP contribution >= 0.6 is 0 Å². The summed E-state index contributed by atoms with van der Waals surface area (Å²) < 4.78 is 7.20. The molecular formula is C10H12N2O. The van der Waals surface area contributed by atoms with Crippen LogP contribution in [0.25, 0.3) is 11.3 Å². The van der Waals surface area contributed by atoms with Crippen LogP contribution in [0, 0.1) is 6.92 Å². The van der Waals surface area contributed by atoms with Crippen molar-refractivity contribution in [2.24, 2.45) is 0 Å². The van der Waals surface area contributed by atoms with Crippen molar-refractivity contribution in [3.63, 3.8) is 0 Å². The standard InChI is InChI=1S/C10H12N2O/c1-3-12-10(4-6-11-12)9-5-7-13-8(9)2/h4-7H,3H2,1-2H3. The first-order valence-electron chi connectivity index (χ1n) is 4.39. The molecule has 2 heterocycles. The Morgan fingerprint density at radius 2 is 2.31 bits per heavy atom. The van der Waals surface area contributed by atoms with E-state index in [4.69, 9.17) is 4.42 Å². The molecule has 0 bridgehead atoms. The summed E-state index contributed by atoms with van der Waals surface area (Å²) in [5, 5.41) is 4.21. The molecule has 2 rings (SSSR count). The van der Waals surface area contributed by atoms with Gasteiger partial charge < -0.3 is 4.42 Å². The first kappa shape index (κ1) is 8.10. The second kappa shape index (κ2) is 3.09. The third kappa shape index (κ3) is 1.26. The Labute approximate surface area is 77.0 Å². The molecule has 2 aromatic heterocycles. The van der Waals surface area contributed by atoms with Gasteiger partial charge in [-0.05, 0) is 26.0 Å². The summed E-state index contributed by atoms with van der Waals surface area (Å²) in [7, 11) is 0. The molecule has 0 unspecified atom stereocenters. The molecule has 0 aliphatic carbocycles. The molecule has 0 saturated carbocycles. The van der Waals surface area contributed by atoms with Gasteiger partial charge in [0.05, 0.1) is 12.0 Å². The van der Waals surface area contributed by atoms with Gasteiger partial charge in [-0.2, -0.15) is 5.10 Å². The van der Waals surface area contributed by atoms with Gasteiger partial charge in [-0.1, -0.05) is 0 Å². The van der Waals surface area contributed by atoms with Gasteiger partial charge >= 0.3 is 0 Å². The number of rotatable bonds is 2. The van der Waals surface area contributed by atoms with Crippen LogP contribution < -0.4 is 0 Å². The van der Waals surface area contributed by atoms with Crippen LogP contribution in [0.15, 0.2) is 29.0 Å². The smallest absolute Gasteiger partial charge is 0.110 e. The summed E-state index contributed by atoms with van der Waals surface area (Å²) in [6, 6.07) is 3.97. The highest BCUT2D eigenvalue weighted by atomic mass is 16.3. The average molecular weight is 176 g/mol. The maximum Gasteiger partial charge on any atom is 0.110 e. The minimum atomic E-state index is 0.882. The summed E-state index contributed by atoms with van der Waals surface area (Å²) in [5.41, 5.74) is 2.24. The molecule has 0 saturated heterocycles. The fraction of sp³-hybridized carbons (Fsp3) is 0.300. The predicted octanol–water partition coefficient (Wildman–Crippen LogP) is 2.47. The van der Waals surface area contributed by atoms with E-state index in [2.05, 4.69) is 12.0 Å². The maximum absolute atomic E-state index is 5.25. The fourth-order valence-electron chi connectivity index (χ4n) is 1.46. The number of hydrogen-bond acceptors (Lipinski definition) is 2. The van der Waals surface area contributed by atoms with Gasteiger partial charge in [-0.15, -0.1) is 0 Å². The maximum atomic E-state index is 5.25. The SMILES string of the molecule is CCn1nccc1-c1ccoc1C. The molecule has 0 atom stereocenters. The topological polar surface area (TPSA) is 31.0 Å². The molecule has 3 nitrogen and oxygen atoms in total. The molecule has 0 spiro atoms. The van der Waals surface area contributed by atoms with Crippen molar-refractivity contribution in [3.05, 3.63) is 30.4 Å². The van der Waals surface area contributed by atoms with Crippen molar-refractivity contribution in [3.8, 4) is 11.3 Å². The number of furan rings is 1. The van der Waals surface area contributed by atoms with Gasteiger partial charge in [0.1, 0.15) is 5.76 Å². The van der Waals surface area contributed by atoms with Crippen LogP contribution in [0.1, 0.15) is 12.7 Å². The molecular weight excluding hydrogens is 164 g/mol. The minimum Gasteiger partial charge on any atom is -0.469 e. The second-order valence-corrected chi connectivity index (χ2v) is 2.92. The lowest BCUT2D eigenvalue weighted by Crippen LogP contribution is -1.98. The lowest BCUT2D eigenvalue weighted by atomic mass is 10.2. The highest BCUT2D eigenvalue weighted by Gasteiger charge is 2.08. The molecule has 3 heteroatoms. The summed E-state index contributed by atoms with van der Waals surface area (Å²) in [5.74, 6) is 0.940. The van der Waals surface area contributed by atoms with E-state index in [0.717, 1.165) is 23.6 Å². The Hall–Kier alpha value is -1.51. The molecule has 13 heavy (non-hydrogen) atoms. The average Bonchev–Trinajstić information content (AvgIpc) is 2.71. The summed E-state index contributed by atoms with van der Waals surface area (Å²) in [4.78, 5) is 0. The van der Waals surface area contributed by atoms with Crippen molar-refractivity contribution in [1.29, 1.82) is 0 Å². The zero-order valence-electron chi connectivity index (χ0n) is 7.82. The Morgan fingerprint density at radius 1 is 1.46 bits per heavy atom. The Balaban J connectivity index is 2.52. The van der Waals surface area contributed by atoms with E-state index in [-0.39, 0.29) is 0 Å². The van der Waals surface area contributed by atoms with E-state index in [1.807, 2.05) is 29.9 Å². The predicted molar refractivity (Wildman–Crippen MR) is 50.3 cm³/mol. The van der Waals surface area contributed by atoms with Gasteiger partial charge in [0, 0.05) is 18.3 Å². The number of nitrogens with zero attached hydrogens (tertiary/aromatic N) is 2. The van der Waals surface area contributed by atoms with E-state index >= 15 is 0 Å². The third-order valence-electron chi connectivity index (χ3n) is 2.15. The molecule has 68 valence electrons. The lowest BCUT2D eigenvalue weighted by molar-refractivity contribution is 0.534. The van der Waals surface area contributed by atoms with Gasteiger partial charge in [0.2, 0.25) is 0 Å². The van der Waals surface area contributed by atoms with E-state index in [9.17, 15) is 0 Å². The lowest BCUT2D eigenvalue weighted by Gasteiger charge is -2.02. The first-order chi connectivity index (χ1) is 6.33. The largest absolute Gasteiger partial charge is 0.469 e. The molecule has 0 fully saturated rings. The van der Waals surface area contributed by atoms with Gasteiger partial charge in [-0.3, -0.25) is 4.68 Å². The first-order valence-corrected chi connectivity index (χ1v) is 4.39. The number of aryl methyl sites for hydroxylation is 2. The van der Waals surface area contributed by atoms with Crippen LogP contribution in [-0.2, 0) is 6.54 Å². The van der Waals surface area contributed by atoms with Gasteiger partial charge in [-0.25, -0.2) is 0 Å². The molecule has 0 aliphatic rings. The fourth-order valence-corrected chi connectivity index (χ4v) is 1.46. The number of hydrogen-bond donors (Lipinski definition) is 0. The highest BCUT2D eigenvalue weighted by Crippen LogP contribution is 2.23. The molecule has 0 N–H and O–H groups in total. The molecule has 2 aromatic rings. The van der Waals surface area contributed by atoms with Crippen molar-refractivity contribution >= 4 is 0 Å². The van der Waals surface area contributed by atoms with Crippen LogP contribution in [0.4, 0.5) is 0 Å². The Bertz CT molecular complexity index is 400. The van der Waals surface area contributed by atoms with Crippen molar-refractivity contribution in [1.82, 2.24) is 9.78 Å². The van der Waals surface area contributed by atoms with Crippen LogP contribution in [-0.4, -0.2) is 9.78 Å². The second-order valence-electron chi connectivity index (χ2n) is 2.92. The van der Waals surface area contributed by atoms with Crippen molar-refractivity contribution < 1.29 is 4.42 Å². The summed E-state index contributed by atoms with van der Waals surface area (Å²) >= 11 is 0. The van der Waals surface area contributed by atoms with Crippen molar-refractivity contribution in [2.45, 2.75) is 20.4 Å². The van der Waals surface area contributed by atoms with E-state index in [1.54, 1.807) is 6.26 Å². The van der Waals surface area contributed by atoms with Gasteiger partial charge in [0.25, 0.3) is 0 Å². The minimum absolute atomic E-state index is 0.882. The molecule has 0 aliphatic heterocycles. The van der Waals surface area contributed by atoms with Crippen LogP contribution in [0.3, 0.4) is 0 Å². The van der Waals surface area contributed by atoms with E-state index in [1.165, 1.54) is 0 Å². The van der Waals surface area contributed by atoms with Crippen molar-refractivity contribution in [2.75, 3.05) is 0 Å². The monoisotopic (exact) mass is 176 g/mol. The normalized spacial score (nSPS) is 10.6. The Morgan fingerprint density at radius 3 is 2.92 bits per heavy atom. The zero-order valence-corrected chi connectivity index (χ0v) is 7.82. The van der Waals surface area contributed by atoms with E-state index < -0.39 is 0 Å². The number of aromatic nitrogens is 2. The third-order valence-corrected chi connectivity index (χ3v) is 2.15. The van der Waals surface area contributed by atoms with Crippen LogP contribution in [0.5, 0.6) is 0 Å². The summed E-state index contributed by atoms with van der Waals surface area (Å²) in [6.07, 6.45) is 3.52. The van der Waals surface area contributed by atoms with Crippen LogP contribution in [0.2, 0.25) is 0 Å². The van der Waals surface area contributed by atoms with Gasteiger partial charge in [0.15, 0.2) is 0 Å². The van der Waals surface area contributed by atoms with E-state index in [0.29, 0.717) is 0 Å². The molecule has 0 amide bonds. The highest BCUT2D eigenvalue weighted by molar-refractivity contribution is 5.60.